The number of hydrogen-bond acceptors (Lipinski definition) is 4. The van der Waals surface area contributed by atoms with E-state index in [1.165, 1.54) is 35.2 Å². The van der Waals surface area contributed by atoms with Crippen molar-refractivity contribution in [1.82, 2.24) is 15.5 Å². The highest BCUT2D eigenvalue weighted by Gasteiger charge is 2.26. The number of likely N-dealkylation sites (tertiary alicyclic amines) is 1. The number of benzene rings is 2. The molecule has 1 fully saturated rings. The Hall–Kier alpha value is -2.73. The highest BCUT2D eigenvalue weighted by atomic mass is 16.5. The summed E-state index contributed by atoms with van der Waals surface area (Å²) in [7, 11) is 3.82. The zero-order valence-corrected chi connectivity index (χ0v) is 18.7. The number of amides is 2. The van der Waals surface area contributed by atoms with Crippen molar-refractivity contribution in [3.05, 3.63) is 59.2 Å². The number of fused-ring (bicyclic) bond motifs is 1. The quantitative estimate of drug-likeness (QED) is 0.685. The van der Waals surface area contributed by atoms with Crippen molar-refractivity contribution in [2.45, 2.75) is 31.7 Å². The molecule has 1 atom stereocenters. The van der Waals surface area contributed by atoms with Crippen molar-refractivity contribution >= 4 is 11.7 Å². The Balaban J connectivity index is 1.31. The van der Waals surface area contributed by atoms with Crippen molar-refractivity contribution in [3.63, 3.8) is 0 Å². The summed E-state index contributed by atoms with van der Waals surface area (Å²) in [6.45, 7) is 4.52. The lowest BCUT2D eigenvalue weighted by atomic mass is 10.0. The van der Waals surface area contributed by atoms with Crippen molar-refractivity contribution < 1.29 is 9.53 Å². The van der Waals surface area contributed by atoms with Gasteiger partial charge >= 0.3 is 6.03 Å². The number of hydrogen-bond donors (Lipinski definition) is 2. The maximum absolute atomic E-state index is 12.4. The highest BCUT2D eigenvalue weighted by Crippen LogP contribution is 2.32. The predicted octanol–water partition coefficient (Wildman–Crippen LogP) is 3.37. The smallest absolute Gasteiger partial charge is 0.314 e. The average Bonchev–Trinajstić information content (AvgIpc) is 3.45. The second-order valence-corrected chi connectivity index (χ2v) is 8.55. The number of nitrogens with one attached hydrogen (secondary N) is 2. The first-order valence-electron chi connectivity index (χ1n) is 11.4. The monoisotopic (exact) mass is 422 g/mol. The zero-order chi connectivity index (χ0) is 21.6. The summed E-state index contributed by atoms with van der Waals surface area (Å²) >= 11 is 0. The van der Waals surface area contributed by atoms with Crippen LogP contribution in [-0.4, -0.2) is 57.8 Å². The highest BCUT2D eigenvalue weighted by molar-refractivity contribution is 5.73. The van der Waals surface area contributed by atoms with E-state index in [-0.39, 0.29) is 12.1 Å². The number of carbonyl (C=O) groups is 1. The van der Waals surface area contributed by atoms with E-state index in [1.807, 2.05) is 24.3 Å². The molecular formula is C25H34N4O2. The van der Waals surface area contributed by atoms with Crippen molar-refractivity contribution in [2.75, 3.05) is 51.8 Å². The van der Waals surface area contributed by atoms with Crippen LogP contribution in [0.3, 0.4) is 0 Å². The minimum Gasteiger partial charge on any atom is -0.497 e. The molecule has 0 saturated carbocycles. The zero-order valence-electron chi connectivity index (χ0n) is 18.7. The molecule has 0 aliphatic carbocycles. The fraction of sp³-hybridized carbons (Fsp3) is 0.480. The largest absolute Gasteiger partial charge is 0.497 e. The summed E-state index contributed by atoms with van der Waals surface area (Å²) in [5.41, 5.74) is 5.26. The maximum atomic E-state index is 12.4. The normalized spacial score (nSPS) is 16.8. The van der Waals surface area contributed by atoms with Crippen molar-refractivity contribution in [1.29, 1.82) is 0 Å². The predicted molar refractivity (Wildman–Crippen MR) is 125 cm³/mol. The second kappa shape index (κ2) is 10.1. The molecule has 0 spiro atoms. The van der Waals surface area contributed by atoms with E-state index in [0.29, 0.717) is 13.1 Å². The number of urea groups is 1. The Morgan fingerprint density at radius 3 is 2.58 bits per heavy atom. The van der Waals surface area contributed by atoms with Crippen LogP contribution in [0.5, 0.6) is 5.75 Å². The first-order valence-corrected chi connectivity index (χ1v) is 11.4. The molecule has 6 heteroatoms. The Morgan fingerprint density at radius 1 is 1.06 bits per heavy atom. The Kier molecular flexibility index (Phi) is 6.97. The second-order valence-electron chi connectivity index (χ2n) is 8.55. The van der Waals surface area contributed by atoms with Gasteiger partial charge in [0.2, 0.25) is 0 Å². The summed E-state index contributed by atoms with van der Waals surface area (Å²) in [4.78, 5) is 17.3. The molecule has 0 aromatic heterocycles. The third-order valence-electron chi connectivity index (χ3n) is 6.51. The van der Waals surface area contributed by atoms with Crippen LogP contribution in [0.2, 0.25) is 0 Å². The molecule has 2 aromatic rings. The number of anilines is 1. The molecule has 2 aromatic carbocycles. The molecule has 2 N–H and O–H groups in total. The molecular weight excluding hydrogens is 388 g/mol. The Morgan fingerprint density at radius 2 is 1.84 bits per heavy atom. The molecule has 0 bridgehead atoms. The van der Waals surface area contributed by atoms with Crippen LogP contribution >= 0.6 is 0 Å². The van der Waals surface area contributed by atoms with Gasteiger partial charge in [-0.3, -0.25) is 4.90 Å². The van der Waals surface area contributed by atoms with Gasteiger partial charge in [0, 0.05) is 32.4 Å². The molecule has 31 heavy (non-hydrogen) atoms. The lowest BCUT2D eigenvalue weighted by Crippen LogP contribution is -2.42. The summed E-state index contributed by atoms with van der Waals surface area (Å²) < 4.78 is 5.19. The first kappa shape index (κ1) is 21.5. The molecule has 166 valence electrons. The van der Waals surface area contributed by atoms with E-state index in [4.69, 9.17) is 4.74 Å². The van der Waals surface area contributed by atoms with Crippen molar-refractivity contribution in [2.24, 2.45) is 0 Å². The van der Waals surface area contributed by atoms with Gasteiger partial charge in [0.25, 0.3) is 0 Å². The van der Waals surface area contributed by atoms with E-state index >= 15 is 0 Å². The lowest BCUT2D eigenvalue weighted by molar-refractivity contribution is 0.221. The van der Waals surface area contributed by atoms with Crippen LogP contribution in [0.25, 0.3) is 0 Å². The van der Waals surface area contributed by atoms with Gasteiger partial charge in [-0.2, -0.15) is 0 Å². The van der Waals surface area contributed by atoms with Crippen LogP contribution in [0.1, 0.15) is 35.6 Å². The van der Waals surface area contributed by atoms with Crippen molar-refractivity contribution in [3.8, 4) is 5.75 Å². The fourth-order valence-corrected chi connectivity index (χ4v) is 4.67. The molecule has 0 unspecified atom stereocenters. The molecule has 2 amide bonds. The fourth-order valence-electron chi connectivity index (χ4n) is 4.67. The van der Waals surface area contributed by atoms with Gasteiger partial charge in [0.1, 0.15) is 5.75 Å². The Bertz CT molecular complexity index is 878. The number of rotatable bonds is 8. The number of ether oxygens (including phenoxy) is 1. The summed E-state index contributed by atoms with van der Waals surface area (Å²) in [5, 5.41) is 6.12. The SMILES string of the molecule is COc1ccc(CCNC(=O)NC[C@H](c2ccc3c(c2)CCN3C)N2CCCC2)cc1. The van der Waals surface area contributed by atoms with Crippen LogP contribution in [0, 0.1) is 0 Å². The van der Waals surface area contributed by atoms with Gasteiger partial charge in [-0.1, -0.05) is 24.3 Å². The first-order chi connectivity index (χ1) is 15.1. The lowest BCUT2D eigenvalue weighted by Gasteiger charge is -2.29. The number of methoxy groups -OCH3 is 1. The minimum absolute atomic E-state index is 0.0985. The molecule has 4 rings (SSSR count). The summed E-state index contributed by atoms with van der Waals surface area (Å²) in [6.07, 6.45) is 4.37. The molecule has 6 nitrogen and oxygen atoms in total. The van der Waals surface area contributed by atoms with Gasteiger partial charge in [0.05, 0.1) is 13.2 Å². The van der Waals surface area contributed by atoms with E-state index < -0.39 is 0 Å². The van der Waals surface area contributed by atoms with E-state index in [1.54, 1.807) is 7.11 Å². The molecule has 2 heterocycles. The van der Waals surface area contributed by atoms with E-state index in [9.17, 15) is 4.79 Å². The van der Waals surface area contributed by atoms with Crippen LogP contribution in [0.4, 0.5) is 10.5 Å². The third kappa shape index (κ3) is 5.31. The van der Waals surface area contributed by atoms with Crippen LogP contribution in [-0.2, 0) is 12.8 Å². The third-order valence-corrected chi connectivity index (χ3v) is 6.51. The van der Waals surface area contributed by atoms with E-state index in [0.717, 1.165) is 38.2 Å². The average molecular weight is 423 g/mol. The van der Waals surface area contributed by atoms with Gasteiger partial charge in [0.15, 0.2) is 0 Å². The number of nitrogens with zero attached hydrogens (tertiary/aromatic N) is 2. The standard InChI is InChI=1S/C25H34N4O2/c1-28-16-12-21-17-20(7-10-23(21)28)24(29-14-3-4-15-29)18-27-25(30)26-13-11-19-5-8-22(31-2)9-6-19/h5-10,17,24H,3-4,11-16,18H2,1-2H3,(H2,26,27,30)/t24-/m1/s1. The molecule has 2 aliphatic rings. The van der Waals surface area contributed by atoms with Gasteiger partial charge < -0.3 is 20.3 Å². The molecule has 0 radical (unpaired) electrons. The van der Waals surface area contributed by atoms with Gasteiger partial charge in [-0.25, -0.2) is 4.79 Å². The van der Waals surface area contributed by atoms with Crippen LogP contribution in [0.15, 0.2) is 42.5 Å². The van der Waals surface area contributed by atoms with Gasteiger partial charge in [-0.15, -0.1) is 0 Å². The van der Waals surface area contributed by atoms with Crippen LogP contribution < -0.4 is 20.3 Å². The molecule has 2 aliphatic heterocycles. The summed E-state index contributed by atoms with van der Waals surface area (Å²) in [5.74, 6) is 0.848. The van der Waals surface area contributed by atoms with Gasteiger partial charge in [-0.05, 0) is 73.7 Å². The maximum Gasteiger partial charge on any atom is 0.314 e. The minimum atomic E-state index is -0.0985. The number of likely N-dealkylation sites (N-methyl/N-ethyl adjacent to an activating group) is 1. The number of carbonyl (C=O) groups excluding carboxylic acids is 1. The summed E-state index contributed by atoms with van der Waals surface area (Å²) in [6, 6.07) is 14.9. The topological polar surface area (TPSA) is 56.8 Å². The Labute approximate surface area is 185 Å². The molecule has 1 saturated heterocycles. The van der Waals surface area contributed by atoms with E-state index in [2.05, 4.69) is 45.7 Å².